The SMILES string of the molecule is O=C(Nc1cc(C(F)(F)F)ccc1N1CCCC1)c1ccc(CSc2ncn[nH]2)cc1. The maximum atomic E-state index is 13.2. The van der Waals surface area contributed by atoms with E-state index in [4.69, 9.17) is 0 Å². The molecule has 0 atom stereocenters. The molecular weight excluding hydrogens is 427 g/mol. The number of nitrogens with zero attached hydrogens (tertiary/aromatic N) is 3. The quantitative estimate of drug-likeness (QED) is 0.522. The van der Waals surface area contributed by atoms with Crippen LogP contribution in [0.15, 0.2) is 53.9 Å². The van der Waals surface area contributed by atoms with Crippen molar-refractivity contribution in [3.63, 3.8) is 0 Å². The van der Waals surface area contributed by atoms with Gasteiger partial charge in [-0.3, -0.25) is 9.89 Å². The van der Waals surface area contributed by atoms with Gasteiger partial charge in [-0.1, -0.05) is 23.9 Å². The number of amides is 1. The van der Waals surface area contributed by atoms with E-state index in [0.717, 1.165) is 43.6 Å². The van der Waals surface area contributed by atoms with E-state index in [1.807, 2.05) is 17.0 Å². The molecule has 1 aliphatic rings. The fourth-order valence-corrected chi connectivity index (χ4v) is 4.14. The molecule has 1 aromatic heterocycles. The Labute approximate surface area is 181 Å². The zero-order chi connectivity index (χ0) is 21.8. The number of benzene rings is 2. The summed E-state index contributed by atoms with van der Waals surface area (Å²) in [5.74, 6) is 0.193. The molecule has 0 saturated carbocycles. The van der Waals surface area contributed by atoms with Crippen LogP contribution < -0.4 is 10.2 Å². The first-order valence-electron chi connectivity index (χ1n) is 9.75. The number of anilines is 2. The number of hydrogen-bond acceptors (Lipinski definition) is 5. The van der Waals surface area contributed by atoms with Crippen LogP contribution in [0.1, 0.15) is 34.3 Å². The van der Waals surface area contributed by atoms with E-state index < -0.39 is 17.6 Å². The average Bonchev–Trinajstić information content (AvgIpc) is 3.46. The van der Waals surface area contributed by atoms with Crippen molar-refractivity contribution in [3.05, 3.63) is 65.5 Å². The molecular formula is C21H20F3N5OS. The first kappa shape index (κ1) is 21.2. The number of halogens is 3. The molecule has 3 aromatic rings. The van der Waals surface area contributed by atoms with Gasteiger partial charge in [0, 0.05) is 24.4 Å². The number of hydrogen-bond donors (Lipinski definition) is 2. The van der Waals surface area contributed by atoms with E-state index in [0.29, 0.717) is 22.2 Å². The van der Waals surface area contributed by atoms with Crippen molar-refractivity contribution < 1.29 is 18.0 Å². The summed E-state index contributed by atoms with van der Waals surface area (Å²) in [6.07, 6.45) is -1.10. The molecule has 0 bridgehead atoms. The maximum absolute atomic E-state index is 13.2. The molecule has 1 fully saturated rings. The van der Waals surface area contributed by atoms with Crippen LogP contribution in [0, 0.1) is 0 Å². The van der Waals surface area contributed by atoms with Crippen molar-refractivity contribution in [2.24, 2.45) is 0 Å². The highest BCUT2D eigenvalue weighted by molar-refractivity contribution is 7.98. The van der Waals surface area contributed by atoms with Crippen LogP contribution in [0.2, 0.25) is 0 Å². The van der Waals surface area contributed by atoms with E-state index in [9.17, 15) is 18.0 Å². The fourth-order valence-electron chi connectivity index (χ4n) is 3.41. The summed E-state index contributed by atoms with van der Waals surface area (Å²) in [7, 11) is 0. The summed E-state index contributed by atoms with van der Waals surface area (Å²) in [5.41, 5.74) is 1.35. The Morgan fingerprint density at radius 2 is 1.87 bits per heavy atom. The number of carbonyl (C=O) groups is 1. The molecule has 0 spiro atoms. The summed E-state index contributed by atoms with van der Waals surface area (Å²) in [4.78, 5) is 18.8. The second-order valence-corrected chi connectivity index (χ2v) is 8.12. The number of thioether (sulfide) groups is 1. The predicted molar refractivity (Wildman–Crippen MR) is 113 cm³/mol. The molecule has 2 aromatic carbocycles. The number of aromatic amines is 1. The smallest absolute Gasteiger partial charge is 0.370 e. The lowest BCUT2D eigenvalue weighted by molar-refractivity contribution is -0.137. The Kier molecular flexibility index (Phi) is 6.17. The summed E-state index contributed by atoms with van der Waals surface area (Å²) >= 11 is 1.48. The summed E-state index contributed by atoms with van der Waals surface area (Å²) < 4.78 is 39.7. The molecule has 1 saturated heterocycles. The van der Waals surface area contributed by atoms with E-state index in [-0.39, 0.29) is 5.69 Å². The number of H-pyrrole nitrogens is 1. The maximum Gasteiger partial charge on any atom is 0.416 e. The van der Waals surface area contributed by atoms with Gasteiger partial charge in [-0.2, -0.15) is 18.3 Å². The van der Waals surface area contributed by atoms with Crippen LogP contribution in [-0.2, 0) is 11.9 Å². The summed E-state index contributed by atoms with van der Waals surface area (Å²) in [6.45, 7) is 1.51. The lowest BCUT2D eigenvalue weighted by atomic mass is 10.1. The molecule has 31 heavy (non-hydrogen) atoms. The normalized spacial score (nSPS) is 14.1. The van der Waals surface area contributed by atoms with Crippen molar-refractivity contribution in [1.82, 2.24) is 15.2 Å². The van der Waals surface area contributed by atoms with Gasteiger partial charge in [-0.05, 0) is 48.7 Å². The van der Waals surface area contributed by atoms with E-state index in [2.05, 4.69) is 20.5 Å². The highest BCUT2D eigenvalue weighted by Crippen LogP contribution is 2.36. The van der Waals surface area contributed by atoms with Gasteiger partial charge in [-0.25, -0.2) is 4.98 Å². The molecule has 4 rings (SSSR count). The zero-order valence-corrected chi connectivity index (χ0v) is 17.3. The number of aromatic nitrogens is 3. The predicted octanol–water partition coefficient (Wildman–Crippen LogP) is 4.97. The van der Waals surface area contributed by atoms with Gasteiger partial charge in [0.1, 0.15) is 6.33 Å². The van der Waals surface area contributed by atoms with Crippen molar-refractivity contribution in [3.8, 4) is 0 Å². The van der Waals surface area contributed by atoms with Gasteiger partial charge >= 0.3 is 6.18 Å². The molecule has 10 heteroatoms. The largest absolute Gasteiger partial charge is 0.416 e. The minimum atomic E-state index is -4.48. The van der Waals surface area contributed by atoms with E-state index >= 15 is 0 Å². The minimum Gasteiger partial charge on any atom is -0.370 e. The minimum absolute atomic E-state index is 0.173. The van der Waals surface area contributed by atoms with Crippen molar-refractivity contribution in [2.45, 2.75) is 29.9 Å². The molecule has 2 heterocycles. The van der Waals surface area contributed by atoms with Gasteiger partial charge in [0.05, 0.1) is 16.9 Å². The topological polar surface area (TPSA) is 73.9 Å². The lowest BCUT2D eigenvalue weighted by Crippen LogP contribution is -2.22. The van der Waals surface area contributed by atoms with Crippen LogP contribution in [-0.4, -0.2) is 34.2 Å². The van der Waals surface area contributed by atoms with Crippen LogP contribution in [0.4, 0.5) is 24.5 Å². The van der Waals surface area contributed by atoms with Crippen molar-refractivity contribution in [2.75, 3.05) is 23.3 Å². The van der Waals surface area contributed by atoms with Gasteiger partial charge in [0.25, 0.3) is 5.91 Å². The van der Waals surface area contributed by atoms with Crippen LogP contribution in [0.25, 0.3) is 0 Å². The molecule has 162 valence electrons. The average molecular weight is 447 g/mol. The second kappa shape index (κ2) is 9.01. The molecule has 0 aliphatic carbocycles. The zero-order valence-electron chi connectivity index (χ0n) is 16.4. The Morgan fingerprint density at radius 1 is 1.13 bits per heavy atom. The molecule has 2 N–H and O–H groups in total. The number of nitrogens with one attached hydrogen (secondary N) is 2. The van der Waals surface area contributed by atoms with Crippen molar-refractivity contribution in [1.29, 1.82) is 0 Å². The third kappa shape index (κ3) is 5.19. The molecule has 6 nitrogen and oxygen atoms in total. The molecule has 1 aliphatic heterocycles. The Balaban J connectivity index is 1.50. The number of alkyl halides is 3. The molecule has 0 radical (unpaired) electrons. The monoisotopic (exact) mass is 447 g/mol. The Bertz CT molecular complexity index is 1030. The van der Waals surface area contributed by atoms with Gasteiger partial charge in [0.15, 0.2) is 5.16 Å². The third-order valence-corrected chi connectivity index (χ3v) is 5.95. The number of rotatable bonds is 6. The first-order chi connectivity index (χ1) is 14.9. The Morgan fingerprint density at radius 3 is 2.52 bits per heavy atom. The number of carbonyl (C=O) groups excluding carboxylic acids is 1. The third-order valence-electron chi connectivity index (χ3n) is 5.00. The Hall–Kier alpha value is -3.01. The van der Waals surface area contributed by atoms with Gasteiger partial charge < -0.3 is 10.2 Å². The highest BCUT2D eigenvalue weighted by atomic mass is 32.2. The van der Waals surface area contributed by atoms with E-state index in [1.165, 1.54) is 24.2 Å². The standard InChI is InChI=1S/C21H20F3N5OS/c22-21(23,24)16-7-8-18(29-9-1-2-10-29)17(11-16)27-19(30)15-5-3-14(4-6-15)12-31-20-25-13-26-28-20/h3-8,11,13H,1-2,9-10,12H2,(H,27,30)(H,25,26,28). The fraction of sp³-hybridized carbons (Fsp3) is 0.286. The van der Waals surface area contributed by atoms with E-state index in [1.54, 1.807) is 12.1 Å². The first-order valence-corrected chi connectivity index (χ1v) is 10.7. The lowest BCUT2D eigenvalue weighted by Gasteiger charge is -2.23. The summed E-state index contributed by atoms with van der Waals surface area (Å²) in [6, 6.07) is 10.5. The van der Waals surface area contributed by atoms with Crippen LogP contribution in [0.3, 0.4) is 0 Å². The van der Waals surface area contributed by atoms with Crippen molar-refractivity contribution >= 4 is 29.0 Å². The van der Waals surface area contributed by atoms with Gasteiger partial charge in [-0.15, -0.1) is 0 Å². The van der Waals surface area contributed by atoms with Gasteiger partial charge in [0.2, 0.25) is 0 Å². The highest BCUT2D eigenvalue weighted by Gasteiger charge is 2.32. The molecule has 1 amide bonds. The summed E-state index contributed by atoms with van der Waals surface area (Å²) in [5, 5.41) is 9.92. The molecule has 0 unspecified atom stereocenters. The van der Waals surface area contributed by atoms with Crippen LogP contribution >= 0.6 is 11.8 Å². The van der Waals surface area contributed by atoms with Crippen LogP contribution in [0.5, 0.6) is 0 Å². The second-order valence-electron chi connectivity index (χ2n) is 7.15.